The van der Waals surface area contributed by atoms with Crippen LogP contribution >= 0.6 is 0 Å². The summed E-state index contributed by atoms with van der Waals surface area (Å²) in [4.78, 5) is 12.2. The van der Waals surface area contributed by atoms with Crippen molar-refractivity contribution in [3.8, 4) is 0 Å². The van der Waals surface area contributed by atoms with Crippen molar-refractivity contribution >= 4 is 5.91 Å². The number of amides is 1. The standard InChI is InChI=1S/C16H24N2O/c1-11-8-9-14(12(2)10-11)18-16(19)15(17)13-6-4-3-5-7-13/h3-7,11-12,14-15H,8-10,17H2,1-2H3,(H,18,19)/t11?,12?,14?,15-/m1/s1. The normalized spacial score (nSPS) is 28.7. The lowest BCUT2D eigenvalue weighted by Gasteiger charge is -2.33. The minimum atomic E-state index is -0.562. The van der Waals surface area contributed by atoms with Crippen molar-refractivity contribution in [1.82, 2.24) is 5.32 Å². The zero-order valence-corrected chi connectivity index (χ0v) is 11.8. The molecule has 3 nitrogen and oxygen atoms in total. The van der Waals surface area contributed by atoms with Crippen LogP contribution in [-0.4, -0.2) is 11.9 Å². The van der Waals surface area contributed by atoms with Crippen LogP contribution in [0.5, 0.6) is 0 Å². The fraction of sp³-hybridized carbons (Fsp3) is 0.562. The Morgan fingerprint density at radius 3 is 2.58 bits per heavy atom. The molecule has 19 heavy (non-hydrogen) atoms. The first-order chi connectivity index (χ1) is 9.08. The van der Waals surface area contributed by atoms with Gasteiger partial charge in [0.1, 0.15) is 6.04 Å². The van der Waals surface area contributed by atoms with Crippen LogP contribution in [0, 0.1) is 11.8 Å². The molecule has 0 radical (unpaired) electrons. The summed E-state index contributed by atoms with van der Waals surface area (Å²) in [5.41, 5.74) is 6.89. The Morgan fingerprint density at radius 2 is 1.95 bits per heavy atom. The molecule has 0 heterocycles. The smallest absolute Gasteiger partial charge is 0.241 e. The zero-order valence-electron chi connectivity index (χ0n) is 11.8. The Labute approximate surface area is 115 Å². The molecule has 3 N–H and O–H groups in total. The molecule has 1 amide bonds. The predicted octanol–water partition coefficient (Wildman–Crippen LogP) is 2.63. The molecule has 1 fully saturated rings. The third-order valence-electron chi connectivity index (χ3n) is 4.20. The van der Waals surface area contributed by atoms with Crippen LogP contribution in [0.1, 0.15) is 44.7 Å². The number of rotatable bonds is 3. The largest absolute Gasteiger partial charge is 0.351 e. The number of nitrogens with two attached hydrogens (primary N) is 1. The molecule has 1 aromatic carbocycles. The van der Waals surface area contributed by atoms with Crippen molar-refractivity contribution in [2.45, 2.75) is 45.2 Å². The average molecular weight is 260 g/mol. The van der Waals surface area contributed by atoms with Gasteiger partial charge >= 0.3 is 0 Å². The number of carbonyl (C=O) groups is 1. The summed E-state index contributed by atoms with van der Waals surface area (Å²) in [5, 5.41) is 3.12. The maximum absolute atomic E-state index is 12.2. The maximum Gasteiger partial charge on any atom is 0.241 e. The van der Waals surface area contributed by atoms with Gasteiger partial charge in [-0.15, -0.1) is 0 Å². The third-order valence-corrected chi connectivity index (χ3v) is 4.20. The van der Waals surface area contributed by atoms with Gasteiger partial charge in [-0.05, 0) is 36.7 Å². The van der Waals surface area contributed by atoms with Crippen LogP contribution < -0.4 is 11.1 Å². The van der Waals surface area contributed by atoms with Gasteiger partial charge in [0, 0.05) is 6.04 Å². The molecule has 0 spiro atoms. The number of carbonyl (C=O) groups excluding carboxylic acids is 1. The van der Waals surface area contributed by atoms with E-state index in [2.05, 4.69) is 19.2 Å². The highest BCUT2D eigenvalue weighted by Crippen LogP contribution is 2.28. The number of benzene rings is 1. The molecular weight excluding hydrogens is 236 g/mol. The lowest BCUT2D eigenvalue weighted by molar-refractivity contribution is -0.123. The van der Waals surface area contributed by atoms with E-state index in [0.29, 0.717) is 5.92 Å². The molecule has 1 aliphatic rings. The van der Waals surface area contributed by atoms with Gasteiger partial charge in [-0.3, -0.25) is 4.79 Å². The highest BCUT2D eigenvalue weighted by Gasteiger charge is 2.28. The predicted molar refractivity (Wildman–Crippen MR) is 77.5 cm³/mol. The molecule has 1 aliphatic carbocycles. The van der Waals surface area contributed by atoms with Crippen LogP contribution in [0.4, 0.5) is 0 Å². The van der Waals surface area contributed by atoms with Crippen LogP contribution in [0.2, 0.25) is 0 Å². The van der Waals surface area contributed by atoms with Crippen molar-refractivity contribution in [3.05, 3.63) is 35.9 Å². The maximum atomic E-state index is 12.2. The Bertz CT molecular complexity index is 418. The van der Waals surface area contributed by atoms with Crippen molar-refractivity contribution < 1.29 is 4.79 Å². The number of hydrogen-bond acceptors (Lipinski definition) is 2. The van der Waals surface area contributed by atoms with Crippen molar-refractivity contribution in [2.75, 3.05) is 0 Å². The lowest BCUT2D eigenvalue weighted by Crippen LogP contribution is -2.45. The van der Waals surface area contributed by atoms with Crippen LogP contribution in [0.15, 0.2) is 30.3 Å². The molecular formula is C16H24N2O. The molecule has 3 unspecified atom stereocenters. The van der Waals surface area contributed by atoms with E-state index in [1.54, 1.807) is 0 Å². The molecule has 2 rings (SSSR count). The zero-order chi connectivity index (χ0) is 13.8. The molecule has 3 heteroatoms. The second-order valence-electron chi connectivity index (χ2n) is 5.90. The summed E-state index contributed by atoms with van der Waals surface area (Å²) in [7, 11) is 0. The Hall–Kier alpha value is -1.35. The average Bonchev–Trinajstić information content (AvgIpc) is 2.42. The fourth-order valence-electron chi connectivity index (χ4n) is 2.96. The first kappa shape index (κ1) is 14.1. The van der Waals surface area contributed by atoms with Crippen LogP contribution in [0.3, 0.4) is 0 Å². The van der Waals surface area contributed by atoms with E-state index in [1.165, 1.54) is 12.8 Å². The number of hydrogen-bond donors (Lipinski definition) is 2. The molecule has 0 saturated heterocycles. The van der Waals surface area contributed by atoms with Gasteiger partial charge in [0.25, 0.3) is 0 Å². The van der Waals surface area contributed by atoms with Crippen molar-refractivity contribution in [2.24, 2.45) is 17.6 Å². The van der Waals surface area contributed by atoms with Gasteiger partial charge < -0.3 is 11.1 Å². The van der Waals surface area contributed by atoms with Gasteiger partial charge in [0.15, 0.2) is 0 Å². The molecule has 0 aliphatic heterocycles. The molecule has 1 saturated carbocycles. The summed E-state index contributed by atoms with van der Waals surface area (Å²) in [6.07, 6.45) is 3.44. The lowest BCUT2D eigenvalue weighted by atomic mass is 9.80. The number of nitrogens with one attached hydrogen (secondary N) is 1. The molecule has 104 valence electrons. The molecule has 4 atom stereocenters. The van der Waals surface area contributed by atoms with Crippen molar-refractivity contribution in [3.63, 3.8) is 0 Å². The van der Waals surface area contributed by atoms with E-state index >= 15 is 0 Å². The minimum absolute atomic E-state index is 0.0578. The van der Waals surface area contributed by atoms with Gasteiger partial charge in [-0.1, -0.05) is 44.2 Å². The highest BCUT2D eigenvalue weighted by atomic mass is 16.2. The van der Waals surface area contributed by atoms with E-state index < -0.39 is 6.04 Å². The third kappa shape index (κ3) is 3.57. The van der Waals surface area contributed by atoms with E-state index in [0.717, 1.165) is 17.9 Å². The Morgan fingerprint density at radius 1 is 1.26 bits per heavy atom. The summed E-state index contributed by atoms with van der Waals surface area (Å²) < 4.78 is 0. The SMILES string of the molecule is CC1CCC(NC(=O)[C@H](N)c2ccccc2)C(C)C1. The fourth-order valence-corrected chi connectivity index (χ4v) is 2.96. The van der Waals surface area contributed by atoms with Crippen LogP contribution in [0.25, 0.3) is 0 Å². The summed E-state index contributed by atoms with van der Waals surface area (Å²) in [6, 6.07) is 9.26. The molecule has 0 aromatic heterocycles. The topological polar surface area (TPSA) is 55.1 Å². The highest BCUT2D eigenvalue weighted by molar-refractivity contribution is 5.83. The van der Waals surface area contributed by atoms with Crippen molar-refractivity contribution in [1.29, 1.82) is 0 Å². The van der Waals surface area contributed by atoms with E-state index in [9.17, 15) is 4.79 Å². The molecule has 1 aromatic rings. The molecule has 0 bridgehead atoms. The first-order valence-corrected chi connectivity index (χ1v) is 7.19. The van der Waals surface area contributed by atoms with Gasteiger partial charge in [0.05, 0.1) is 0 Å². The summed E-state index contributed by atoms with van der Waals surface area (Å²) in [6.45, 7) is 4.50. The monoisotopic (exact) mass is 260 g/mol. The van der Waals surface area contributed by atoms with E-state index in [1.807, 2.05) is 30.3 Å². The van der Waals surface area contributed by atoms with Gasteiger partial charge in [0.2, 0.25) is 5.91 Å². The summed E-state index contributed by atoms with van der Waals surface area (Å²) in [5.74, 6) is 1.25. The van der Waals surface area contributed by atoms with Crippen LogP contribution in [-0.2, 0) is 4.79 Å². The Balaban J connectivity index is 1.94. The second kappa shape index (κ2) is 6.20. The minimum Gasteiger partial charge on any atom is -0.351 e. The quantitative estimate of drug-likeness (QED) is 0.877. The van der Waals surface area contributed by atoms with Gasteiger partial charge in [-0.25, -0.2) is 0 Å². The first-order valence-electron chi connectivity index (χ1n) is 7.19. The summed E-state index contributed by atoms with van der Waals surface area (Å²) >= 11 is 0. The van der Waals surface area contributed by atoms with Gasteiger partial charge in [-0.2, -0.15) is 0 Å². The van der Waals surface area contributed by atoms with E-state index in [4.69, 9.17) is 5.73 Å². The Kier molecular flexibility index (Phi) is 4.59. The second-order valence-corrected chi connectivity index (χ2v) is 5.90. The van der Waals surface area contributed by atoms with E-state index in [-0.39, 0.29) is 11.9 Å².